The predicted molar refractivity (Wildman–Crippen MR) is 109 cm³/mol. The number of ether oxygens (including phenoxy) is 1. The number of rotatable bonds is 4. The summed E-state index contributed by atoms with van der Waals surface area (Å²) in [7, 11) is 0. The molecule has 1 aromatic heterocycles. The first kappa shape index (κ1) is 18.6. The molecule has 5 nitrogen and oxygen atoms in total. The summed E-state index contributed by atoms with van der Waals surface area (Å²) in [5.74, 6) is 0.474. The van der Waals surface area contributed by atoms with Gasteiger partial charge in [-0.3, -0.25) is 9.59 Å². The van der Waals surface area contributed by atoms with Gasteiger partial charge in [0.05, 0.1) is 10.9 Å². The molecule has 2 aromatic carbocycles. The number of piperidine rings is 1. The number of likely N-dealkylation sites (tertiary alicyclic amines) is 1. The van der Waals surface area contributed by atoms with Gasteiger partial charge in [-0.15, -0.1) is 0 Å². The number of fused-ring (bicyclic) bond motifs is 1. The van der Waals surface area contributed by atoms with Crippen molar-refractivity contribution >= 4 is 28.5 Å². The molecule has 1 aliphatic rings. The van der Waals surface area contributed by atoms with Crippen molar-refractivity contribution in [2.24, 2.45) is 0 Å². The Hall–Kier alpha value is -2.79. The summed E-state index contributed by atoms with van der Waals surface area (Å²) in [5.41, 5.74) is 1.29. The highest BCUT2D eigenvalue weighted by molar-refractivity contribution is 6.33. The predicted octanol–water partition coefficient (Wildman–Crippen LogP) is 4.50. The van der Waals surface area contributed by atoms with Gasteiger partial charge in [-0.1, -0.05) is 29.8 Å². The average molecular weight is 398 g/mol. The molecule has 1 amide bonds. The zero-order chi connectivity index (χ0) is 19.5. The van der Waals surface area contributed by atoms with Gasteiger partial charge in [-0.2, -0.15) is 0 Å². The maximum absolute atomic E-state index is 12.8. The number of hydrogen-bond acceptors (Lipinski definition) is 4. The lowest BCUT2D eigenvalue weighted by atomic mass is 10.1. The van der Waals surface area contributed by atoms with Crippen LogP contribution in [0.3, 0.4) is 0 Å². The van der Waals surface area contributed by atoms with E-state index in [2.05, 4.69) is 0 Å². The van der Waals surface area contributed by atoms with E-state index < -0.39 is 0 Å². The number of amides is 1. The number of carbonyl (C=O) groups is 1. The van der Waals surface area contributed by atoms with Crippen molar-refractivity contribution in [1.29, 1.82) is 0 Å². The van der Waals surface area contributed by atoms with E-state index in [0.717, 1.165) is 25.9 Å². The van der Waals surface area contributed by atoms with Crippen LogP contribution in [0, 0.1) is 0 Å². The third-order valence-corrected chi connectivity index (χ3v) is 5.31. The molecule has 1 fully saturated rings. The smallest absolute Gasteiger partial charge is 0.260 e. The number of halogens is 1. The Balaban J connectivity index is 1.55. The molecule has 0 radical (unpaired) electrons. The summed E-state index contributed by atoms with van der Waals surface area (Å²) in [6, 6.07) is 12.1. The number of hydrogen-bond donors (Lipinski definition) is 0. The third kappa shape index (κ3) is 3.76. The summed E-state index contributed by atoms with van der Waals surface area (Å²) in [6.07, 6.45) is 4.67. The van der Waals surface area contributed by atoms with Gasteiger partial charge in [0.2, 0.25) is 5.43 Å². The van der Waals surface area contributed by atoms with Crippen LogP contribution in [0.2, 0.25) is 5.02 Å². The van der Waals surface area contributed by atoms with Crippen molar-refractivity contribution < 1.29 is 13.9 Å². The van der Waals surface area contributed by atoms with Crippen LogP contribution >= 0.6 is 11.6 Å². The van der Waals surface area contributed by atoms with Crippen LogP contribution in [0.1, 0.15) is 19.3 Å². The molecule has 144 valence electrons. The Labute approximate surface area is 167 Å². The topological polar surface area (TPSA) is 59.8 Å². The molecule has 2 heterocycles. The molecule has 4 rings (SSSR count). The van der Waals surface area contributed by atoms with Gasteiger partial charge in [0, 0.05) is 29.7 Å². The molecule has 1 saturated heterocycles. The summed E-state index contributed by atoms with van der Waals surface area (Å²) in [6.45, 7) is 1.56. The SMILES string of the molecule is O=C(COc1ccc2c(=O)c(-c3ccccc3Cl)coc2c1)N1CCCCC1. The van der Waals surface area contributed by atoms with Crippen LogP contribution in [0.5, 0.6) is 5.75 Å². The molecule has 0 saturated carbocycles. The first-order chi connectivity index (χ1) is 13.6. The fourth-order valence-corrected chi connectivity index (χ4v) is 3.68. The highest BCUT2D eigenvalue weighted by Crippen LogP contribution is 2.27. The Morgan fingerprint density at radius 2 is 1.86 bits per heavy atom. The second-order valence-corrected chi connectivity index (χ2v) is 7.25. The largest absolute Gasteiger partial charge is 0.484 e. The second kappa shape index (κ2) is 8.07. The van der Waals surface area contributed by atoms with Gasteiger partial charge in [0.1, 0.15) is 17.6 Å². The van der Waals surface area contributed by atoms with Crippen molar-refractivity contribution in [1.82, 2.24) is 4.90 Å². The molecule has 3 aromatic rings. The van der Waals surface area contributed by atoms with Crippen molar-refractivity contribution in [3.05, 3.63) is 64.0 Å². The van der Waals surface area contributed by atoms with Crippen LogP contribution in [0.25, 0.3) is 22.1 Å². The zero-order valence-corrected chi connectivity index (χ0v) is 16.1. The molecule has 0 unspecified atom stereocenters. The van der Waals surface area contributed by atoms with E-state index in [-0.39, 0.29) is 17.9 Å². The Kier molecular flexibility index (Phi) is 5.35. The fourth-order valence-electron chi connectivity index (χ4n) is 3.44. The molecule has 28 heavy (non-hydrogen) atoms. The maximum atomic E-state index is 12.8. The van der Waals surface area contributed by atoms with Gasteiger partial charge in [0.25, 0.3) is 5.91 Å². The molecular formula is C22H20ClNO4. The fraction of sp³-hybridized carbons (Fsp3) is 0.273. The van der Waals surface area contributed by atoms with Gasteiger partial charge < -0.3 is 14.1 Å². The average Bonchev–Trinajstić information content (AvgIpc) is 2.73. The molecule has 0 atom stereocenters. The maximum Gasteiger partial charge on any atom is 0.260 e. The second-order valence-electron chi connectivity index (χ2n) is 6.85. The van der Waals surface area contributed by atoms with E-state index in [1.54, 1.807) is 30.3 Å². The molecular weight excluding hydrogens is 378 g/mol. The first-order valence-electron chi connectivity index (χ1n) is 9.34. The normalized spacial score (nSPS) is 14.2. The van der Waals surface area contributed by atoms with E-state index in [0.29, 0.717) is 32.9 Å². The Morgan fingerprint density at radius 3 is 2.64 bits per heavy atom. The number of carbonyl (C=O) groups excluding carboxylic acids is 1. The number of nitrogens with zero attached hydrogens (tertiary/aromatic N) is 1. The summed E-state index contributed by atoms with van der Waals surface area (Å²) in [4.78, 5) is 26.9. The van der Waals surface area contributed by atoms with Crippen molar-refractivity contribution in [2.75, 3.05) is 19.7 Å². The third-order valence-electron chi connectivity index (χ3n) is 4.98. The molecule has 0 spiro atoms. The number of benzene rings is 2. The van der Waals surface area contributed by atoms with Crippen molar-refractivity contribution in [3.8, 4) is 16.9 Å². The van der Waals surface area contributed by atoms with Crippen LogP contribution in [0.4, 0.5) is 0 Å². The molecule has 6 heteroatoms. The summed E-state index contributed by atoms with van der Waals surface area (Å²) >= 11 is 6.21. The van der Waals surface area contributed by atoms with E-state index in [9.17, 15) is 9.59 Å². The van der Waals surface area contributed by atoms with Gasteiger partial charge in [-0.25, -0.2) is 0 Å². The van der Waals surface area contributed by atoms with Crippen LogP contribution in [-0.2, 0) is 4.79 Å². The van der Waals surface area contributed by atoms with Gasteiger partial charge in [-0.05, 0) is 37.5 Å². The van der Waals surface area contributed by atoms with Crippen LogP contribution in [0.15, 0.2) is 57.9 Å². The first-order valence-corrected chi connectivity index (χ1v) is 9.72. The van der Waals surface area contributed by atoms with E-state index in [1.807, 2.05) is 17.0 Å². The van der Waals surface area contributed by atoms with Crippen LogP contribution in [-0.4, -0.2) is 30.5 Å². The van der Waals surface area contributed by atoms with Crippen molar-refractivity contribution in [2.45, 2.75) is 19.3 Å². The quantitative estimate of drug-likeness (QED) is 0.650. The monoisotopic (exact) mass is 397 g/mol. The molecule has 0 bridgehead atoms. The van der Waals surface area contributed by atoms with Gasteiger partial charge >= 0.3 is 0 Å². The Bertz CT molecular complexity index is 1070. The zero-order valence-electron chi connectivity index (χ0n) is 15.3. The summed E-state index contributed by atoms with van der Waals surface area (Å²) in [5, 5.41) is 0.928. The van der Waals surface area contributed by atoms with E-state index >= 15 is 0 Å². The molecule has 0 N–H and O–H groups in total. The molecule has 1 aliphatic heterocycles. The minimum atomic E-state index is -0.162. The lowest BCUT2D eigenvalue weighted by molar-refractivity contribution is -0.134. The Morgan fingerprint density at radius 1 is 1.07 bits per heavy atom. The van der Waals surface area contributed by atoms with E-state index in [4.69, 9.17) is 20.8 Å². The lowest BCUT2D eigenvalue weighted by Gasteiger charge is -2.26. The van der Waals surface area contributed by atoms with Crippen molar-refractivity contribution in [3.63, 3.8) is 0 Å². The highest BCUT2D eigenvalue weighted by Gasteiger charge is 2.17. The van der Waals surface area contributed by atoms with E-state index in [1.165, 1.54) is 12.7 Å². The van der Waals surface area contributed by atoms with Crippen LogP contribution < -0.4 is 10.2 Å². The standard InChI is InChI=1S/C22H20ClNO4/c23-19-7-3-2-6-16(19)18-13-28-20-12-15(8-9-17(20)22(18)26)27-14-21(25)24-10-4-1-5-11-24/h2-3,6-9,12-13H,1,4-5,10-11,14H2. The molecule has 0 aliphatic carbocycles. The van der Waals surface area contributed by atoms with Gasteiger partial charge in [0.15, 0.2) is 6.61 Å². The summed E-state index contributed by atoms with van der Waals surface area (Å²) < 4.78 is 11.3. The minimum Gasteiger partial charge on any atom is -0.484 e. The lowest BCUT2D eigenvalue weighted by Crippen LogP contribution is -2.38. The highest BCUT2D eigenvalue weighted by atomic mass is 35.5. The minimum absolute atomic E-state index is 0.0182.